The zero-order chi connectivity index (χ0) is 9.54. The molecule has 0 amide bonds. The largest absolute Gasteiger partial charge is 0.297 e. The highest BCUT2D eigenvalue weighted by Gasteiger charge is 2.08. The van der Waals surface area contributed by atoms with E-state index in [4.69, 9.17) is 0 Å². The van der Waals surface area contributed by atoms with E-state index in [0.717, 1.165) is 17.2 Å². The van der Waals surface area contributed by atoms with E-state index < -0.39 is 0 Å². The highest BCUT2D eigenvalue weighted by atomic mass is 32.1. The number of fused-ring (bicyclic) bond motifs is 3. The molecule has 3 aromatic heterocycles. The molecule has 0 fully saturated rings. The van der Waals surface area contributed by atoms with Gasteiger partial charge in [0.25, 0.3) is 0 Å². The monoisotopic (exact) mass is 219 g/mol. The van der Waals surface area contributed by atoms with E-state index in [1.807, 2.05) is 17.0 Å². The molecule has 2 nitrogen and oxygen atoms in total. The Bertz CT molecular complexity index is 623. The summed E-state index contributed by atoms with van der Waals surface area (Å²) in [4.78, 5) is 15.7. The summed E-state index contributed by atoms with van der Waals surface area (Å²) in [7, 11) is 0. The summed E-state index contributed by atoms with van der Waals surface area (Å²) >= 11 is 3.13. The van der Waals surface area contributed by atoms with Crippen LogP contribution in [0.1, 0.15) is 9.67 Å². The lowest BCUT2D eigenvalue weighted by Crippen LogP contribution is -1.78. The van der Waals surface area contributed by atoms with Gasteiger partial charge < -0.3 is 0 Å². The Labute approximate surface area is 87.8 Å². The molecule has 0 aliphatic heterocycles. The molecule has 3 aromatic rings. The molecule has 0 bridgehead atoms. The van der Waals surface area contributed by atoms with Crippen LogP contribution in [0.2, 0.25) is 0 Å². The summed E-state index contributed by atoms with van der Waals surface area (Å²) in [6, 6.07) is 2.07. The van der Waals surface area contributed by atoms with Gasteiger partial charge in [0.05, 0.1) is 15.1 Å². The van der Waals surface area contributed by atoms with Gasteiger partial charge in [0, 0.05) is 22.3 Å². The van der Waals surface area contributed by atoms with Crippen LogP contribution in [0, 0.1) is 0 Å². The van der Waals surface area contributed by atoms with Crippen LogP contribution in [0.3, 0.4) is 0 Å². The minimum absolute atomic E-state index is 0.716. The first-order chi connectivity index (χ1) is 6.90. The molecule has 68 valence electrons. The molecule has 0 N–H and O–H groups in total. The maximum atomic E-state index is 10.7. The Hall–Kier alpha value is -1.26. The van der Waals surface area contributed by atoms with Crippen LogP contribution in [0.4, 0.5) is 0 Å². The van der Waals surface area contributed by atoms with E-state index in [1.165, 1.54) is 21.4 Å². The molecule has 0 aliphatic rings. The number of nitrogens with zero attached hydrogens (tertiary/aromatic N) is 1. The van der Waals surface area contributed by atoms with E-state index in [0.29, 0.717) is 4.88 Å². The Balaban J connectivity index is 2.58. The van der Waals surface area contributed by atoms with Crippen molar-refractivity contribution in [1.82, 2.24) is 4.98 Å². The average molecular weight is 219 g/mol. The van der Waals surface area contributed by atoms with Crippen molar-refractivity contribution in [3.8, 4) is 0 Å². The maximum absolute atomic E-state index is 10.7. The van der Waals surface area contributed by atoms with Crippen molar-refractivity contribution in [2.75, 3.05) is 0 Å². The Morgan fingerprint density at radius 1 is 1.29 bits per heavy atom. The number of pyridine rings is 1. The second-order valence-electron chi connectivity index (χ2n) is 2.94. The Morgan fingerprint density at radius 3 is 3.07 bits per heavy atom. The summed E-state index contributed by atoms with van der Waals surface area (Å²) in [6.45, 7) is 0. The van der Waals surface area contributed by atoms with Gasteiger partial charge in [0.15, 0.2) is 6.29 Å². The third-order valence-electron chi connectivity index (χ3n) is 2.20. The van der Waals surface area contributed by atoms with Gasteiger partial charge in [0.2, 0.25) is 0 Å². The zero-order valence-corrected chi connectivity index (χ0v) is 8.69. The van der Waals surface area contributed by atoms with Crippen molar-refractivity contribution in [3.63, 3.8) is 0 Å². The fourth-order valence-corrected chi connectivity index (χ4v) is 3.12. The van der Waals surface area contributed by atoms with Gasteiger partial charge in [-0.3, -0.25) is 9.78 Å². The number of hydrogen-bond donors (Lipinski definition) is 0. The fraction of sp³-hybridized carbons (Fsp3) is 0. The predicted molar refractivity (Wildman–Crippen MR) is 60.4 cm³/mol. The molecule has 3 rings (SSSR count). The van der Waals surface area contributed by atoms with Crippen molar-refractivity contribution in [3.05, 3.63) is 27.9 Å². The van der Waals surface area contributed by atoms with Crippen molar-refractivity contribution >= 4 is 49.9 Å². The highest BCUT2D eigenvalue weighted by Crippen LogP contribution is 2.31. The van der Waals surface area contributed by atoms with Crippen molar-refractivity contribution in [2.24, 2.45) is 0 Å². The molecule has 0 saturated heterocycles. The maximum Gasteiger partial charge on any atom is 0.162 e. The molecule has 0 atom stereocenters. The van der Waals surface area contributed by atoms with Crippen LogP contribution >= 0.6 is 22.7 Å². The predicted octanol–water partition coefficient (Wildman–Crippen LogP) is 3.32. The first kappa shape index (κ1) is 8.08. The summed E-state index contributed by atoms with van der Waals surface area (Å²) < 4.78 is 1.17. The van der Waals surface area contributed by atoms with Gasteiger partial charge >= 0.3 is 0 Å². The topological polar surface area (TPSA) is 30.0 Å². The van der Waals surface area contributed by atoms with Crippen molar-refractivity contribution < 1.29 is 4.79 Å². The molecule has 0 spiro atoms. The standard InChI is InChI=1S/C10H5NOS2/c12-4-9-10-7(5-14-9)6-1-2-13-8(6)3-11-10/h1-5H. The molecule has 14 heavy (non-hydrogen) atoms. The van der Waals surface area contributed by atoms with Gasteiger partial charge in [-0.2, -0.15) is 0 Å². The fourth-order valence-electron chi connectivity index (χ4n) is 1.54. The van der Waals surface area contributed by atoms with Crippen LogP contribution in [-0.2, 0) is 0 Å². The van der Waals surface area contributed by atoms with Crippen LogP contribution in [-0.4, -0.2) is 11.3 Å². The third kappa shape index (κ3) is 0.951. The first-order valence-corrected chi connectivity index (χ1v) is 5.84. The second-order valence-corrected chi connectivity index (χ2v) is 4.80. The number of hydrogen-bond acceptors (Lipinski definition) is 4. The number of thiophene rings is 2. The number of rotatable bonds is 1. The Kier molecular flexibility index (Phi) is 1.65. The zero-order valence-electron chi connectivity index (χ0n) is 7.06. The van der Waals surface area contributed by atoms with Gasteiger partial charge in [-0.25, -0.2) is 0 Å². The van der Waals surface area contributed by atoms with E-state index in [2.05, 4.69) is 11.1 Å². The van der Waals surface area contributed by atoms with Gasteiger partial charge in [-0.05, 0) is 11.4 Å². The number of aromatic nitrogens is 1. The lowest BCUT2D eigenvalue weighted by molar-refractivity contribution is 0.112. The van der Waals surface area contributed by atoms with Crippen molar-refractivity contribution in [2.45, 2.75) is 0 Å². The molecule has 4 heteroatoms. The lowest BCUT2D eigenvalue weighted by atomic mass is 10.2. The SMILES string of the molecule is O=Cc1scc2c1ncc1sccc12. The minimum atomic E-state index is 0.716. The molecule has 3 heterocycles. The smallest absolute Gasteiger partial charge is 0.162 e. The third-order valence-corrected chi connectivity index (χ3v) is 3.94. The first-order valence-electron chi connectivity index (χ1n) is 4.09. The van der Waals surface area contributed by atoms with Crippen LogP contribution in [0.5, 0.6) is 0 Å². The van der Waals surface area contributed by atoms with Crippen LogP contribution < -0.4 is 0 Å². The van der Waals surface area contributed by atoms with E-state index in [9.17, 15) is 4.79 Å². The van der Waals surface area contributed by atoms with Gasteiger partial charge in [0.1, 0.15) is 0 Å². The molecule has 0 aliphatic carbocycles. The average Bonchev–Trinajstić information content (AvgIpc) is 2.82. The lowest BCUT2D eigenvalue weighted by Gasteiger charge is -1.91. The van der Waals surface area contributed by atoms with Crippen LogP contribution in [0.15, 0.2) is 23.0 Å². The quantitative estimate of drug-likeness (QED) is 0.588. The van der Waals surface area contributed by atoms with E-state index >= 15 is 0 Å². The number of aldehydes is 1. The normalized spacial score (nSPS) is 11.1. The van der Waals surface area contributed by atoms with E-state index in [1.54, 1.807) is 11.3 Å². The molecule has 0 unspecified atom stereocenters. The van der Waals surface area contributed by atoms with E-state index in [-0.39, 0.29) is 0 Å². The summed E-state index contributed by atoms with van der Waals surface area (Å²) in [5, 5.41) is 6.34. The highest BCUT2D eigenvalue weighted by molar-refractivity contribution is 7.17. The van der Waals surface area contributed by atoms with Crippen LogP contribution in [0.25, 0.3) is 21.0 Å². The molecular formula is C10H5NOS2. The molecule has 0 saturated carbocycles. The van der Waals surface area contributed by atoms with Gasteiger partial charge in [-0.1, -0.05) is 0 Å². The Morgan fingerprint density at radius 2 is 2.21 bits per heavy atom. The molecule has 0 aromatic carbocycles. The summed E-state index contributed by atoms with van der Waals surface area (Å²) in [6.07, 6.45) is 2.71. The minimum Gasteiger partial charge on any atom is -0.297 e. The summed E-state index contributed by atoms with van der Waals surface area (Å²) in [5.74, 6) is 0. The number of carbonyl (C=O) groups excluding carboxylic acids is 1. The van der Waals surface area contributed by atoms with Crippen molar-refractivity contribution in [1.29, 1.82) is 0 Å². The molecular weight excluding hydrogens is 214 g/mol. The number of carbonyl (C=O) groups is 1. The second kappa shape index (κ2) is 2.87. The summed E-state index contributed by atoms with van der Waals surface area (Å²) in [5.41, 5.74) is 0.830. The van der Waals surface area contributed by atoms with Gasteiger partial charge in [-0.15, -0.1) is 22.7 Å². The molecule has 0 radical (unpaired) electrons.